The molecule has 0 spiro atoms. The zero-order chi connectivity index (χ0) is 17.9. The average Bonchev–Trinajstić information content (AvgIpc) is 2.99. The molecule has 3 aromatic rings. The molecule has 1 N–H and O–H groups in total. The predicted molar refractivity (Wildman–Crippen MR) is 105 cm³/mol. The number of aromatic nitrogens is 2. The van der Waals surface area contributed by atoms with E-state index < -0.39 is 0 Å². The Morgan fingerprint density at radius 2 is 2.08 bits per heavy atom. The Morgan fingerprint density at radius 3 is 2.85 bits per heavy atom. The summed E-state index contributed by atoms with van der Waals surface area (Å²) in [6.07, 6.45) is 2.16. The highest BCUT2D eigenvalue weighted by Gasteiger charge is 2.18. The van der Waals surface area contributed by atoms with Gasteiger partial charge >= 0.3 is 0 Å². The number of nitrogens with one attached hydrogen (secondary N) is 1. The molecule has 136 valence electrons. The van der Waals surface area contributed by atoms with Crippen molar-refractivity contribution in [2.45, 2.75) is 19.4 Å². The first-order valence-electron chi connectivity index (χ1n) is 8.88. The van der Waals surface area contributed by atoms with Crippen LogP contribution in [-0.2, 0) is 11.3 Å². The Morgan fingerprint density at radius 1 is 1.23 bits per heavy atom. The average molecular weight is 372 g/mol. The molecule has 0 bridgehead atoms. The van der Waals surface area contributed by atoms with Crippen molar-refractivity contribution >= 4 is 34.0 Å². The summed E-state index contributed by atoms with van der Waals surface area (Å²) in [4.78, 5) is 0. The molecule has 2 aromatic carbocycles. The van der Waals surface area contributed by atoms with E-state index in [1.54, 1.807) is 7.11 Å². The van der Waals surface area contributed by atoms with Gasteiger partial charge in [-0.2, -0.15) is 5.10 Å². The van der Waals surface area contributed by atoms with Crippen LogP contribution < -0.4 is 10.1 Å². The van der Waals surface area contributed by atoms with E-state index in [1.165, 1.54) is 0 Å². The quantitative estimate of drug-likeness (QED) is 0.695. The van der Waals surface area contributed by atoms with Crippen molar-refractivity contribution in [3.05, 3.63) is 47.5 Å². The van der Waals surface area contributed by atoms with Gasteiger partial charge in [0.25, 0.3) is 0 Å². The van der Waals surface area contributed by atoms with Gasteiger partial charge in [0.15, 0.2) is 5.82 Å². The van der Waals surface area contributed by atoms with Gasteiger partial charge in [0.1, 0.15) is 5.75 Å². The van der Waals surface area contributed by atoms with E-state index in [1.807, 2.05) is 36.4 Å². The molecule has 0 saturated carbocycles. The van der Waals surface area contributed by atoms with E-state index in [0.717, 1.165) is 60.8 Å². The number of hydrogen-bond acceptors (Lipinski definition) is 4. The summed E-state index contributed by atoms with van der Waals surface area (Å²) >= 11 is 6.11. The van der Waals surface area contributed by atoms with Gasteiger partial charge in [-0.3, -0.25) is 4.68 Å². The predicted octanol–water partition coefficient (Wildman–Crippen LogP) is 4.87. The Kier molecular flexibility index (Phi) is 5.00. The molecule has 0 unspecified atom stereocenters. The van der Waals surface area contributed by atoms with E-state index in [4.69, 9.17) is 26.2 Å². The molecule has 1 saturated heterocycles. The van der Waals surface area contributed by atoms with E-state index >= 15 is 0 Å². The molecule has 5 nitrogen and oxygen atoms in total. The van der Waals surface area contributed by atoms with Crippen LogP contribution >= 0.6 is 11.6 Å². The lowest BCUT2D eigenvalue weighted by Gasteiger charge is -2.22. The Bertz CT molecular complexity index is 903. The van der Waals surface area contributed by atoms with Gasteiger partial charge in [0.05, 0.1) is 12.6 Å². The van der Waals surface area contributed by atoms with Crippen molar-refractivity contribution in [3.8, 4) is 5.75 Å². The molecule has 0 atom stereocenters. The number of fused-ring (bicyclic) bond motifs is 1. The number of methoxy groups -OCH3 is 1. The third kappa shape index (κ3) is 3.64. The van der Waals surface area contributed by atoms with E-state index in [0.29, 0.717) is 10.9 Å². The minimum atomic E-state index is 0.591. The van der Waals surface area contributed by atoms with Gasteiger partial charge in [0, 0.05) is 35.9 Å². The summed E-state index contributed by atoms with van der Waals surface area (Å²) in [5, 5.41) is 9.98. The normalized spacial score (nSPS) is 15.3. The SMILES string of the molecule is COc1ccc2c(c1)c(Nc1cccc(Cl)c1)nn2CC1CCOCC1. The van der Waals surface area contributed by atoms with Crippen LogP contribution in [0.15, 0.2) is 42.5 Å². The molecule has 1 aliphatic heterocycles. The van der Waals surface area contributed by atoms with Crippen LogP contribution in [0.4, 0.5) is 11.5 Å². The van der Waals surface area contributed by atoms with Crippen molar-refractivity contribution in [2.75, 3.05) is 25.6 Å². The third-order valence-electron chi connectivity index (χ3n) is 4.82. The molecule has 4 rings (SSSR count). The second-order valence-corrected chi connectivity index (χ2v) is 7.04. The van der Waals surface area contributed by atoms with Crippen molar-refractivity contribution < 1.29 is 9.47 Å². The lowest BCUT2D eigenvalue weighted by atomic mass is 10.0. The number of rotatable bonds is 5. The van der Waals surface area contributed by atoms with Crippen molar-refractivity contribution in [1.82, 2.24) is 9.78 Å². The minimum Gasteiger partial charge on any atom is -0.497 e. The first kappa shape index (κ1) is 17.2. The van der Waals surface area contributed by atoms with Gasteiger partial charge in [0.2, 0.25) is 0 Å². The maximum Gasteiger partial charge on any atom is 0.160 e. The molecular formula is C20H22ClN3O2. The van der Waals surface area contributed by atoms with Crippen molar-refractivity contribution in [1.29, 1.82) is 0 Å². The maximum atomic E-state index is 6.11. The van der Waals surface area contributed by atoms with Crippen LogP contribution in [0.2, 0.25) is 5.02 Å². The Balaban J connectivity index is 1.70. The number of ether oxygens (including phenoxy) is 2. The number of hydrogen-bond donors (Lipinski definition) is 1. The molecular weight excluding hydrogens is 350 g/mol. The Hall–Kier alpha value is -2.24. The van der Waals surface area contributed by atoms with E-state index in [-0.39, 0.29) is 0 Å². The highest BCUT2D eigenvalue weighted by molar-refractivity contribution is 6.30. The number of halogens is 1. The fraction of sp³-hybridized carbons (Fsp3) is 0.350. The summed E-state index contributed by atoms with van der Waals surface area (Å²) in [7, 11) is 1.68. The topological polar surface area (TPSA) is 48.3 Å². The lowest BCUT2D eigenvalue weighted by Crippen LogP contribution is -2.20. The van der Waals surface area contributed by atoms with Gasteiger partial charge in [-0.25, -0.2) is 0 Å². The summed E-state index contributed by atoms with van der Waals surface area (Å²) in [5.41, 5.74) is 2.01. The molecule has 0 radical (unpaired) electrons. The second kappa shape index (κ2) is 7.56. The zero-order valence-corrected chi connectivity index (χ0v) is 15.5. The molecule has 2 heterocycles. The van der Waals surface area contributed by atoms with Gasteiger partial charge < -0.3 is 14.8 Å². The summed E-state index contributed by atoms with van der Waals surface area (Å²) in [5.74, 6) is 2.22. The molecule has 0 amide bonds. The van der Waals surface area contributed by atoms with Crippen LogP contribution in [0.25, 0.3) is 10.9 Å². The number of anilines is 2. The van der Waals surface area contributed by atoms with Gasteiger partial charge in [-0.1, -0.05) is 17.7 Å². The first-order chi connectivity index (χ1) is 12.7. The monoisotopic (exact) mass is 371 g/mol. The van der Waals surface area contributed by atoms with Crippen molar-refractivity contribution in [3.63, 3.8) is 0 Å². The third-order valence-corrected chi connectivity index (χ3v) is 5.05. The lowest BCUT2D eigenvalue weighted by molar-refractivity contribution is 0.0606. The maximum absolute atomic E-state index is 6.11. The molecule has 0 aliphatic carbocycles. The van der Waals surface area contributed by atoms with Gasteiger partial charge in [-0.05, 0) is 55.2 Å². The minimum absolute atomic E-state index is 0.591. The van der Waals surface area contributed by atoms with E-state index in [2.05, 4.69) is 16.1 Å². The first-order valence-corrected chi connectivity index (χ1v) is 9.25. The molecule has 26 heavy (non-hydrogen) atoms. The van der Waals surface area contributed by atoms with Crippen molar-refractivity contribution in [2.24, 2.45) is 5.92 Å². The second-order valence-electron chi connectivity index (χ2n) is 6.60. The number of nitrogens with zero attached hydrogens (tertiary/aromatic N) is 2. The van der Waals surface area contributed by atoms with Crippen LogP contribution in [0.5, 0.6) is 5.75 Å². The highest BCUT2D eigenvalue weighted by atomic mass is 35.5. The van der Waals surface area contributed by atoms with Crippen LogP contribution in [0, 0.1) is 5.92 Å². The van der Waals surface area contributed by atoms with Gasteiger partial charge in [-0.15, -0.1) is 0 Å². The number of benzene rings is 2. The fourth-order valence-corrected chi connectivity index (χ4v) is 3.58. The smallest absolute Gasteiger partial charge is 0.160 e. The standard InChI is InChI=1S/C20H22ClN3O2/c1-25-17-5-6-19-18(12-17)20(22-16-4-2-3-15(21)11-16)23-24(19)13-14-7-9-26-10-8-14/h2-6,11-12,14H,7-10,13H2,1H3,(H,22,23). The fourth-order valence-electron chi connectivity index (χ4n) is 3.39. The Labute approximate surface area is 157 Å². The molecule has 1 fully saturated rings. The van der Waals surface area contributed by atoms with Crippen LogP contribution in [0.3, 0.4) is 0 Å². The summed E-state index contributed by atoms with van der Waals surface area (Å²) in [6, 6.07) is 13.7. The zero-order valence-electron chi connectivity index (χ0n) is 14.7. The molecule has 1 aliphatic rings. The van der Waals surface area contributed by atoms with E-state index in [9.17, 15) is 0 Å². The molecule has 6 heteroatoms. The largest absolute Gasteiger partial charge is 0.497 e. The van der Waals surface area contributed by atoms with Crippen LogP contribution in [-0.4, -0.2) is 30.1 Å². The summed E-state index contributed by atoms with van der Waals surface area (Å²) in [6.45, 7) is 2.57. The molecule has 1 aromatic heterocycles. The summed E-state index contributed by atoms with van der Waals surface area (Å²) < 4.78 is 13.0. The van der Waals surface area contributed by atoms with Crippen LogP contribution in [0.1, 0.15) is 12.8 Å². The highest BCUT2D eigenvalue weighted by Crippen LogP contribution is 2.31.